The molecule has 1 aliphatic rings. The summed E-state index contributed by atoms with van der Waals surface area (Å²) >= 11 is 0. The highest BCUT2D eigenvalue weighted by atomic mass is 16.5. The maximum atomic E-state index is 12.5. The Morgan fingerprint density at radius 2 is 1.95 bits per heavy atom. The second-order valence-electron chi connectivity index (χ2n) is 5.46. The van der Waals surface area contributed by atoms with E-state index in [2.05, 4.69) is 5.32 Å². The molecule has 4 heteroatoms. The number of nitrogens with one attached hydrogen (secondary N) is 1. The summed E-state index contributed by atoms with van der Waals surface area (Å²) in [4.78, 5) is 12.5. The molecule has 0 fully saturated rings. The van der Waals surface area contributed by atoms with Gasteiger partial charge in [0.15, 0.2) is 17.3 Å². The lowest BCUT2D eigenvalue weighted by Gasteiger charge is -2.23. The molecule has 0 spiro atoms. The molecular weight excluding hydrogens is 242 g/mol. The normalized spacial score (nSPS) is 14.9. The quantitative estimate of drug-likeness (QED) is 0.847. The SMILES string of the molecule is CNCC(C)(C)C(=O)c1ccc2c(c1)OCCCO2. The number of ketones is 1. The molecule has 0 aliphatic carbocycles. The second kappa shape index (κ2) is 5.61. The summed E-state index contributed by atoms with van der Waals surface area (Å²) in [5.41, 5.74) is 0.235. The first-order valence-corrected chi connectivity index (χ1v) is 6.63. The van der Waals surface area contributed by atoms with Crippen LogP contribution >= 0.6 is 0 Å². The summed E-state index contributed by atoms with van der Waals surface area (Å²) in [5, 5.41) is 3.05. The maximum Gasteiger partial charge on any atom is 0.169 e. The van der Waals surface area contributed by atoms with Gasteiger partial charge in [-0.2, -0.15) is 0 Å². The second-order valence-corrected chi connectivity index (χ2v) is 5.46. The van der Waals surface area contributed by atoms with Gasteiger partial charge in [0.25, 0.3) is 0 Å². The number of hydrogen-bond donors (Lipinski definition) is 1. The third kappa shape index (κ3) is 3.07. The smallest absolute Gasteiger partial charge is 0.169 e. The monoisotopic (exact) mass is 263 g/mol. The molecule has 0 atom stereocenters. The van der Waals surface area contributed by atoms with E-state index in [4.69, 9.17) is 9.47 Å². The van der Waals surface area contributed by atoms with Gasteiger partial charge in [0, 0.05) is 23.9 Å². The number of hydrogen-bond acceptors (Lipinski definition) is 4. The molecule has 4 nitrogen and oxygen atoms in total. The van der Waals surface area contributed by atoms with Gasteiger partial charge in [-0.25, -0.2) is 0 Å². The van der Waals surface area contributed by atoms with Crippen LogP contribution in [0.3, 0.4) is 0 Å². The lowest BCUT2D eigenvalue weighted by molar-refractivity contribution is 0.0838. The summed E-state index contributed by atoms with van der Waals surface area (Å²) in [7, 11) is 1.85. The van der Waals surface area contributed by atoms with Crippen molar-refractivity contribution in [3.8, 4) is 11.5 Å². The van der Waals surface area contributed by atoms with Gasteiger partial charge in [-0.1, -0.05) is 13.8 Å². The molecule has 0 bridgehead atoms. The number of Topliss-reactive ketones (excluding diaryl/α,β-unsaturated/α-hetero) is 1. The fourth-order valence-electron chi connectivity index (χ4n) is 2.22. The Kier molecular flexibility index (Phi) is 4.10. The number of fused-ring (bicyclic) bond motifs is 1. The van der Waals surface area contributed by atoms with Crippen molar-refractivity contribution < 1.29 is 14.3 Å². The van der Waals surface area contributed by atoms with Gasteiger partial charge in [-0.3, -0.25) is 4.79 Å². The van der Waals surface area contributed by atoms with Crippen LogP contribution in [0.1, 0.15) is 30.6 Å². The minimum atomic E-state index is -0.436. The highest BCUT2D eigenvalue weighted by Gasteiger charge is 2.28. The topological polar surface area (TPSA) is 47.6 Å². The zero-order chi connectivity index (χ0) is 13.9. The molecule has 0 saturated carbocycles. The predicted molar refractivity (Wildman–Crippen MR) is 74.1 cm³/mol. The van der Waals surface area contributed by atoms with Gasteiger partial charge in [0.1, 0.15) is 0 Å². The van der Waals surface area contributed by atoms with Crippen LogP contribution in [0.5, 0.6) is 11.5 Å². The summed E-state index contributed by atoms with van der Waals surface area (Å²) in [6.07, 6.45) is 0.864. The van der Waals surface area contributed by atoms with Crippen molar-refractivity contribution in [2.24, 2.45) is 5.41 Å². The van der Waals surface area contributed by atoms with Crippen molar-refractivity contribution in [2.75, 3.05) is 26.8 Å². The standard InChI is InChI=1S/C15H21NO3/c1-15(2,10-16-3)14(17)11-5-6-12-13(9-11)19-8-4-7-18-12/h5-6,9,16H,4,7-8,10H2,1-3H3. The van der Waals surface area contributed by atoms with Crippen LogP contribution in [0.4, 0.5) is 0 Å². The number of carbonyl (C=O) groups is 1. The molecule has 2 rings (SSSR count). The molecule has 0 unspecified atom stereocenters. The van der Waals surface area contributed by atoms with E-state index in [1.165, 1.54) is 0 Å². The highest BCUT2D eigenvalue weighted by Crippen LogP contribution is 2.32. The van der Waals surface area contributed by atoms with Crippen molar-refractivity contribution in [3.05, 3.63) is 23.8 Å². The lowest BCUT2D eigenvalue weighted by atomic mass is 9.84. The summed E-state index contributed by atoms with van der Waals surface area (Å²) < 4.78 is 11.2. The average Bonchev–Trinajstić information content (AvgIpc) is 2.61. The van der Waals surface area contributed by atoms with E-state index in [0.29, 0.717) is 31.1 Å². The molecule has 0 saturated heterocycles. The summed E-state index contributed by atoms with van der Waals surface area (Å²) in [6.45, 7) is 5.81. The fourth-order valence-corrected chi connectivity index (χ4v) is 2.22. The van der Waals surface area contributed by atoms with Crippen LogP contribution < -0.4 is 14.8 Å². The Morgan fingerprint density at radius 1 is 1.26 bits per heavy atom. The lowest BCUT2D eigenvalue weighted by Crippen LogP contribution is -2.34. The Bertz CT molecular complexity index is 468. The number of carbonyl (C=O) groups excluding carboxylic acids is 1. The van der Waals surface area contributed by atoms with Gasteiger partial charge in [0.05, 0.1) is 13.2 Å². The molecule has 1 N–H and O–H groups in total. The summed E-state index contributed by atoms with van der Waals surface area (Å²) in [6, 6.07) is 5.43. The molecule has 0 radical (unpaired) electrons. The van der Waals surface area contributed by atoms with Crippen LogP contribution in [-0.2, 0) is 0 Å². The zero-order valence-corrected chi connectivity index (χ0v) is 11.8. The van der Waals surface area contributed by atoms with Crippen molar-refractivity contribution in [1.29, 1.82) is 0 Å². The first kappa shape index (κ1) is 13.9. The van der Waals surface area contributed by atoms with Gasteiger partial charge < -0.3 is 14.8 Å². The molecule has 1 aliphatic heterocycles. The van der Waals surface area contributed by atoms with Crippen molar-refractivity contribution in [2.45, 2.75) is 20.3 Å². The molecule has 1 aromatic carbocycles. The maximum absolute atomic E-state index is 12.5. The number of rotatable bonds is 4. The third-order valence-corrected chi connectivity index (χ3v) is 3.24. The van der Waals surface area contributed by atoms with E-state index in [1.54, 1.807) is 6.07 Å². The first-order chi connectivity index (χ1) is 9.04. The molecule has 0 aromatic heterocycles. The Balaban J connectivity index is 2.26. The van der Waals surface area contributed by atoms with Crippen LogP contribution in [0, 0.1) is 5.41 Å². The largest absolute Gasteiger partial charge is 0.490 e. The van der Waals surface area contributed by atoms with Gasteiger partial charge >= 0.3 is 0 Å². The molecule has 19 heavy (non-hydrogen) atoms. The average molecular weight is 263 g/mol. The van der Waals surface area contributed by atoms with E-state index in [0.717, 1.165) is 12.2 Å². The number of benzene rings is 1. The van der Waals surface area contributed by atoms with Crippen LogP contribution in [0.15, 0.2) is 18.2 Å². The fraction of sp³-hybridized carbons (Fsp3) is 0.533. The van der Waals surface area contributed by atoms with E-state index in [-0.39, 0.29) is 5.78 Å². The third-order valence-electron chi connectivity index (χ3n) is 3.24. The van der Waals surface area contributed by atoms with E-state index < -0.39 is 5.41 Å². The molecule has 1 heterocycles. The zero-order valence-electron chi connectivity index (χ0n) is 11.8. The Hall–Kier alpha value is -1.55. The predicted octanol–water partition coefficient (Wildman–Crippen LogP) is 2.28. The van der Waals surface area contributed by atoms with Gasteiger partial charge in [-0.05, 0) is 25.2 Å². The van der Waals surface area contributed by atoms with Crippen LogP contribution in [0.2, 0.25) is 0 Å². The van der Waals surface area contributed by atoms with Crippen molar-refractivity contribution in [3.63, 3.8) is 0 Å². The molecule has 1 aromatic rings. The van der Waals surface area contributed by atoms with Crippen molar-refractivity contribution >= 4 is 5.78 Å². The first-order valence-electron chi connectivity index (χ1n) is 6.63. The molecule has 0 amide bonds. The van der Waals surface area contributed by atoms with Crippen LogP contribution in [-0.4, -0.2) is 32.6 Å². The minimum Gasteiger partial charge on any atom is -0.490 e. The summed E-state index contributed by atoms with van der Waals surface area (Å²) in [5.74, 6) is 1.50. The van der Waals surface area contributed by atoms with Crippen molar-refractivity contribution in [1.82, 2.24) is 5.32 Å². The van der Waals surface area contributed by atoms with Gasteiger partial charge in [0.2, 0.25) is 0 Å². The van der Waals surface area contributed by atoms with Crippen LogP contribution in [0.25, 0.3) is 0 Å². The van der Waals surface area contributed by atoms with E-state index in [9.17, 15) is 4.79 Å². The van der Waals surface area contributed by atoms with E-state index in [1.807, 2.05) is 33.0 Å². The number of ether oxygens (including phenoxy) is 2. The van der Waals surface area contributed by atoms with Gasteiger partial charge in [-0.15, -0.1) is 0 Å². The highest BCUT2D eigenvalue weighted by molar-refractivity contribution is 6.00. The minimum absolute atomic E-state index is 0.109. The Labute approximate surface area is 114 Å². The Morgan fingerprint density at radius 3 is 2.63 bits per heavy atom. The van der Waals surface area contributed by atoms with E-state index >= 15 is 0 Å². The molecule has 104 valence electrons. The molecular formula is C15H21NO3.